The van der Waals surface area contributed by atoms with Crippen LogP contribution in [0.3, 0.4) is 0 Å². The molecule has 1 heterocycles. The predicted octanol–water partition coefficient (Wildman–Crippen LogP) is 2.45. The molecule has 1 atom stereocenters. The quantitative estimate of drug-likeness (QED) is 0.857. The molecule has 1 aromatic rings. The van der Waals surface area contributed by atoms with Gasteiger partial charge in [0.15, 0.2) is 0 Å². The fraction of sp³-hybridized carbons (Fsp3) is 0.579. The van der Waals surface area contributed by atoms with Crippen LogP contribution in [-0.4, -0.2) is 42.1 Å². The van der Waals surface area contributed by atoms with Gasteiger partial charge in [-0.3, -0.25) is 9.69 Å². The Labute approximate surface area is 149 Å². The second-order valence-corrected chi connectivity index (χ2v) is 7.58. The van der Waals surface area contributed by atoms with Crippen LogP contribution in [0.2, 0.25) is 0 Å². The Morgan fingerprint density at radius 3 is 2.36 bits per heavy atom. The van der Waals surface area contributed by atoms with Gasteiger partial charge in [0.2, 0.25) is 5.91 Å². The first-order chi connectivity index (χ1) is 11.8. The summed E-state index contributed by atoms with van der Waals surface area (Å²) in [6.45, 7) is 7.69. The number of carbonyl (C=O) groups excluding carboxylic acids is 2. The molecule has 0 unspecified atom stereocenters. The number of likely N-dealkylation sites (tertiary alicyclic amines) is 1. The van der Waals surface area contributed by atoms with Gasteiger partial charge in [0.1, 0.15) is 11.6 Å². The lowest BCUT2D eigenvalue weighted by Gasteiger charge is -2.36. The summed E-state index contributed by atoms with van der Waals surface area (Å²) >= 11 is 0. The zero-order valence-corrected chi connectivity index (χ0v) is 15.3. The Kier molecular flexibility index (Phi) is 6.42. The lowest BCUT2D eigenvalue weighted by molar-refractivity contribution is -0.124. The minimum absolute atomic E-state index is 0.323. The van der Waals surface area contributed by atoms with Crippen molar-refractivity contribution in [3.8, 4) is 0 Å². The lowest BCUT2D eigenvalue weighted by Crippen LogP contribution is -2.44. The van der Waals surface area contributed by atoms with Crippen molar-refractivity contribution in [1.29, 1.82) is 0 Å². The maximum Gasteiger partial charge on any atom is 0.407 e. The third kappa shape index (κ3) is 6.05. The van der Waals surface area contributed by atoms with Gasteiger partial charge in [-0.1, -0.05) is 30.3 Å². The molecule has 1 aromatic carbocycles. The van der Waals surface area contributed by atoms with E-state index in [9.17, 15) is 9.59 Å². The van der Waals surface area contributed by atoms with Crippen LogP contribution in [-0.2, 0) is 9.53 Å². The highest BCUT2D eigenvalue weighted by atomic mass is 16.6. The van der Waals surface area contributed by atoms with Crippen LogP contribution in [0.15, 0.2) is 30.3 Å². The van der Waals surface area contributed by atoms with E-state index in [1.165, 1.54) is 0 Å². The number of benzene rings is 1. The van der Waals surface area contributed by atoms with Crippen LogP contribution in [0, 0.1) is 5.92 Å². The molecular weight excluding hydrogens is 318 g/mol. The third-order valence-electron chi connectivity index (χ3n) is 4.33. The number of alkyl carbamates (subject to hydrolysis) is 1. The molecule has 0 aliphatic carbocycles. The van der Waals surface area contributed by atoms with Crippen LogP contribution < -0.4 is 11.1 Å². The SMILES string of the molecule is CC(C)(C)OC(=O)NCC1CCN([C@@H](C(N)=O)c2ccccc2)CC1. The lowest BCUT2D eigenvalue weighted by atomic mass is 9.94. The van der Waals surface area contributed by atoms with Crippen molar-refractivity contribution in [3.63, 3.8) is 0 Å². The molecule has 6 heteroatoms. The molecule has 2 amide bonds. The van der Waals surface area contributed by atoms with Crippen molar-refractivity contribution in [3.05, 3.63) is 35.9 Å². The average molecular weight is 347 g/mol. The van der Waals surface area contributed by atoms with Crippen LogP contribution in [0.5, 0.6) is 0 Å². The zero-order chi connectivity index (χ0) is 18.4. The topological polar surface area (TPSA) is 84.7 Å². The molecule has 2 rings (SSSR count). The van der Waals surface area contributed by atoms with Gasteiger partial charge in [0.25, 0.3) is 0 Å². The number of nitrogens with zero attached hydrogens (tertiary/aromatic N) is 1. The highest BCUT2D eigenvalue weighted by Crippen LogP contribution is 2.26. The van der Waals surface area contributed by atoms with Crippen molar-refractivity contribution >= 4 is 12.0 Å². The normalized spacial score (nSPS) is 17.7. The highest BCUT2D eigenvalue weighted by molar-refractivity contribution is 5.81. The van der Waals surface area contributed by atoms with Crippen LogP contribution in [0.1, 0.15) is 45.2 Å². The van der Waals surface area contributed by atoms with Gasteiger partial charge in [-0.2, -0.15) is 0 Å². The molecule has 25 heavy (non-hydrogen) atoms. The number of amides is 2. The van der Waals surface area contributed by atoms with Crippen molar-refractivity contribution in [1.82, 2.24) is 10.2 Å². The minimum Gasteiger partial charge on any atom is -0.444 e. The van der Waals surface area contributed by atoms with E-state index in [2.05, 4.69) is 10.2 Å². The summed E-state index contributed by atoms with van der Waals surface area (Å²) in [5.74, 6) is 0.0598. The van der Waals surface area contributed by atoms with E-state index in [1.807, 2.05) is 51.1 Å². The van der Waals surface area contributed by atoms with Crippen molar-refractivity contribution < 1.29 is 14.3 Å². The summed E-state index contributed by atoms with van der Waals surface area (Å²) in [5, 5.41) is 2.84. The fourth-order valence-corrected chi connectivity index (χ4v) is 3.15. The standard InChI is InChI=1S/C19H29N3O3/c1-19(2,3)25-18(24)21-13-14-9-11-22(12-10-14)16(17(20)23)15-7-5-4-6-8-15/h4-8,14,16H,9-13H2,1-3H3,(H2,20,23)(H,21,24)/t16-/m1/s1. The Hall–Kier alpha value is -2.08. The van der Waals surface area contributed by atoms with E-state index in [1.54, 1.807) is 0 Å². The number of ether oxygens (including phenoxy) is 1. The number of rotatable bonds is 5. The number of nitrogens with one attached hydrogen (secondary N) is 1. The van der Waals surface area contributed by atoms with Gasteiger partial charge < -0.3 is 15.8 Å². The minimum atomic E-state index is -0.488. The number of piperidine rings is 1. The van der Waals surface area contributed by atoms with E-state index in [4.69, 9.17) is 10.5 Å². The Morgan fingerprint density at radius 2 is 1.84 bits per heavy atom. The van der Waals surface area contributed by atoms with Gasteiger partial charge in [-0.05, 0) is 58.2 Å². The maximum atomic E-state index is 11.9. The van der Waals surface area contributed by atoms with E-state index < -0.39 is 5.60 Å². The second kappa shape index (κ2) is 8.34. The summed E-state index contributed by atoms with van der Waals surface area (Å²) in [5.41, 5.74) is 6.08. The Balaban J connectivity index is 1.84. The highest BCUT2D eigenvalue weighted by Gasteiger charge is 2.29. The monoisotopic (exact) mass is 347 g/mol. The van der Waals surface area contributed by atoms with Crippen LogP contribution in [0.4, 0.5) is 4.79 Å². The molecule has 1 aliphatic rings. The van der Waals surface area contributed by atoms with Gasteiger partial charge in [0, 0.05) is 6.54 Å². The molecule has 138 valence electrons. The van der Waals surface area contributed by atoms with E-state index in [-0.39, 0.29) is 18.0 Å². The fourth-order valence-electron chi connectivity index (χ4n) is 3.15. The molecule has 0 bridgehead atoms. The molecule has 1 aliphatic heterocycles. The summed E-state index contributed by atoms with van der Waals surface area (Å²) in [6, 6.07) is 9.25. The molecule has 3 N–H and O–H groups in total. The maximum absolute atomic E-state index is 11.9. The Bertz CT molecular complexity index is 575. The van der Waals surface area contributed by atoms with E-state index in [0.29, 0.717) is 12.5 Å². The molecule has 1 saturated heterocycles. The van der Waals surface area contributed by atoms with Gasteiger partial charge in [-0.15, -0.1) is 0 Å². The van der Waals surface area contributed by atoms with E-state index >= 15 is 0 Å². The summed E-state index contributed by atoms with van der Waals surface area (Å²) in [7, 11) is 0. The number of carbonyl (C=O) groups is 2. The van der Waals surface area contributed by atoms with Crippen molar-refractivity contribution in [2.75, 3.05) is 19.6 Å². The number of nitrogens with two attached hydrogens (primary N) is 1. The number of hydrogen-bond donors (Lipinski definition) is 2. The molecule has 0 aromatic heterocycles. The first-order valence-electron chi connectivity index (χ1n) is 8.81. The molecule has 6 nitrogen and oxygen atoms in total. The van der Waals surface area contributed by atoms with Gasteiger partial charge in [-0.25, -0.2) is 4.79 Å². The first-order valence-corrected chi connectivity index (χ1v) is 8.81. The number of primary amides is 1. The van der Waals surface area contributed by atoms with Crippen LogP contribution >= 0.6 is 0 Å². The van der Waals surface area contributed by atoms with Gasteiger partial charge in [0.05, 0.1) is 0 Å². The molecule has 0 spiro atoms. The summed E-state index contributed by atoms with van der Waals surface area (Å²) in [4.78, 5) is 25.8. The van der Waals surface area contributed by atoms with Crippen molar-refractivity contribution in [2.24, 2.45) is 11.7 Å². The largest absolute Gasteiger partial charge is 0.444 e. The van der Waals surface area contributed by atoms with E-state index in [0.717, 1.165) is 31.5 Å². The number of hydrogen-bond acceptors (Lipinski definition) is 4. The average Bonchev–Trinajstić information content (AvgIpc) is 2.53. The molecule has 1 fully saturated rings. The summed E-state index contributed by atoms with van der Waals surface area (Å²) < 4.78 is 5.26. The molecule has 0 radical (unpaired) electrons. The first kappa shape index (κ1) is 19.2. The predicted molar refractivity (Wildman–Crippen MR) is 96.9 cm³/mol. The second-order valence-electron chi connectivity index (χ2n) is 7.58. The Morgan fingerprint density at radius 1 is 1.24 bits per heavy atom. The smallest absolute Gasteiger partial charge is 0.407 e. The van der Waals surface area contributed by atoms with Crippen LogP contribution in [0.25, 0.3) is 0 Å². The zero-order valence-electron chi connectivity index (χ0n) is 15.3. The third-order valence-corrected chi connectivity index (χ3v) is 4.33. The molecular formula is C19H29N3O3. The van der Waals surface area contributed by atoms with Gasteiger partial charge >= 0.3 is 6.09 Å². The molecule has 0 saturated carbocycles. The summed E-state index contributed by atoms with van der Waals surface area (Å²) in [6.07, 6.45) is 1.44. The van der Waals surface area contributed by atoms with Crippen molar-refractivity contribution in [2.45, 2.75) is 45.3 Å².